The number of nitrogen functional groups attached to an aromatic ring is 1. The Bertz CT molecular complexity index is 411. The second-order valence-corrected chi connectivity index (χ2v) is 4.71. The molecule has 0 bridgehead atoms. The Morgan fingerprint density at radius 1 is 1.50 bits per heavy atom. The molecule has 0 fully saturated rings. The molecule has 1 unspecified atom stereocenters. The van der Waals surface area contributed by atoms with Crippen molar-refractivity contribution < 1.29 is 4.79 Å². The number of aromatic nitrogens is 2. The molecule has 1 aromatic heterocycles. The van der Waals surface area contributed by atoms with Crippen molar-refractivity contribution in [1.82, 2.24) is 9.78 Å². The minimum absolute atomic E-state index is 0.0423. The molecule has 102 valence electrons. The van der Waals surface area contributed by atoms with Gasteiger partial charge in [0.25, 0.3) is 0 Å². The Hall–Kier alpha value is -1.52. The van der Waals surface area contributed by atoms with Gasteiger partial charge < -0.3 is 11.1 Å². The number of anilines is 2. The topological polar surface area (TPSA) is 72.9 Å². The smallest absolute Gasteiger partial charge is 0.228 e. The van der Waals surface area contributed by atoms with E-state index in [1.165, 1.54) is 0 Å². The molecule has 3 N–H and O–H groups in total. The summed E-state index contributed by atoms with van der Waals surface area (Å²) >= 11 is 0. The van der Waals surface area contributed by atoms with E-state index in [0.717, 1.165) is 31.4 Å². The third kappa shape index (κ3) is 3.24. The molecule has 0 aliphatic carbocycles. The monoisotopic (exact) mass is 252 g/mol. The third-order valence-electron chi connectivity index (χ3n) is 3.28. The number of carbonyl (C=O) groups is 1. The third-order valence-corrected chi connectivity index (χ3v) is 3.28. The van der Waals surface area contributed by atoms with E-state index in [9.17, 15) is 4.79 Å². The van der Waals surface area contributed by atoms with Gasteiger partial charge in [0.05, 0.1) is 11.4 Å². The Balaban J connectivity index is 2.73. The van der Waals surface area contributed by atoms with Gasteiger partial charge in [-0.3, -0.25) is 9.48 Å². The van der Waals surface area contributed by atoms with Crippen molar-refractivity contribution in [3.05, 3.63) is 5.69 Å². The predicted molar refractivity (Wildman–Crippen MR) is 74.3 cm³/mol. The number of nitrogens with zero attached hydrogens (tertiary/aromatic N) is 2. The molecule has 0 saturated heterocycles. The fourth-order valence-corrected chi connectivity index (χ4v) is 2.01. The zero-order valence-corrected chi connectivity index (χ0v) is 11.8. The van der Waals surface area contributed by atoms with Crippen molar-refractivity contribution in [2.45, 2.75) is 46.5 Å². The molecule has 0 aromatic carbocycles. The molecule has 0 radical (unpaired) electrons. The fraction of sp³-hybridized carbons (Fsp3) is 0.692. The number of carbonyl (C=O) groups excluding carboxylic acids is 1. The van der Waals surface area contributed by atoms with Crippen LogP contribution in [-0.2, 0) is 11.8 Å². The molecule has 1 aromatic rings. The van der Waals surface area contributed by atoms with Gasteiger partial charge in [0, 0.05) is 13.0 Å². The van der Waals surface area contributed by atoms with Gasteiger partial charge in [-0.2, -0.15) is 5.10 Å². The van der Waals surface area contributed by atoms with E-state index in [0.29, 0.717) is 11.5 Å². The average Bonchev–Trinajstić information content (AvgIpc) is 2.57. The first-order valence-corrected chi connectivity index (χ1v) is 6.61. The number of nitrogens with one attached hydrogen (secondary N) is 1. The van der Waals surface area contributed by atoms with Gasteiger partial charge in [0.2, 0.25) is 5.91 Å². The lowest BCUT2D eigenvalue weighted by atomic mass is 9.98. The maximum Gasteiger partial charge on any atom is 0.228 e. The summed E-state index contributed by atoms with van der Waals surface area (Å²) in [4.78, 5) is 12.2. The summed E-state index contributed by atoms with van der Waals surface area (Å²) in [6, 6.07) is 0. The van der Waals surface area contributed by atoms with E-state index in [1.807, 2.05) is 13.8 Å². The normalized spacial score (nSPS) is 12.4. The zero-order valence-electron chi connectivity index (χ0n) is 11.8. The summed E-state index contributed by atoms with van der Waals surface area (Å²) in [6.45, 7) is 6.00. The number of unbranched alkanes of at least 4 members (excludes halogenated alkanes) is 1. The molecular formula is C13H24N4O. The van der Waals surface area contributed by atoms with Gasteiger partial charge in [0.15, 0.2) is 5.82 Å². The minimum Gasteiger partial charge on any atom is -0.394 e. The molecule has 5 nitrogen and oxygen atoms in total. The van der Waals surface area contributed by atoms with Crippen LogP contribution in [0.5, 0.6) is 0 Å². The fourth-order valence-electron chi connectivity index (χ4n) is 2.01. The number of hydrogen-bond donors (Lipinski definition) is 2. The second-order valence-electron chi connectivity index (χ2n) is 4.71. The van der Waals surface area contributed by atoms with E-state index in [2.05, 4.69) is 17.3 Å². The lowest BCUT2D eigenvalue weighted by Gasteiger charge is -2.14. The van der Waals surface area contributed by atoms with E-state index >= 15 is 0 Å². The van der Waals surface area contributed by atoms with E-state index in [1.54, 1.807) is 11.7 Å². The average molecular weight is 252 g/mol. The standard InChI is InChI=1S/C13H24N4O/c1-5-7-8-10(6-2)13(18)15-12-11(14)9(3)16-17(12)4/h10H,5-8,14H2,1-4H3,(H,15,18). The number of rotatable bonds is 6. The predicted octanol–water partition coefficient (Wildman–Crippen LogP) is 2.47. The van der Waals surface area contributed by atoms with Crippen LogP contribution in [0.3, 0.4) is 0 Å². The molecule has 1 heterocycles. The molecule has 1 atom stereocenters. The molecule has 0 aliphatic rings. The van der Waals surface area contributed by atoms with Crippen LogP contribution >= 0.6 is 0 Å². The Morgan fingerprint density at radius 3 is 2.61 bits per heavy atom. The molecule has 1 rings (SSSR count). The van der Waals surface area contributed by atoms with Crippen LogP contribution < -0.4 is 11.1 Å². The van der Waals surface area contributed by atoms with Gasteiger partial charge in [0.1, 0.15) is 0 Å². The van der Waals surface area contributed by atoms with E-state index < -0.39 is 0 Å². The van der Waals surface area contributed by atoms with Gasteiger partial charge >= 0.3 is 0 Å². The molecule has 0 aliphatic heterocycles. The van der Waals surface area contributed by atoms with Gasteiger partial charge in [-0.15, -0.1) is 0 Å². The maximum atomic E-state index is 12.2. The van der Waals surface area contributed by atoms with Gasteiger partial charge in [-0.1, -0.05) is 26.7 Å². The summed E-state index contributed by atoms with van der Waals surface area (Å²) < 4.78 is 1.62. The SMILES string of the molecule is CCCCC(CC)C(=O)Nc1c(N)c(C)nn1C. The summed E-state index contributed by atoms with van der Waals surface area (Å²) in [5.41, 5.74) is 7.19. The highest BCUT2D eigenvalue weighted by Crippen LogP contribution is 2.23. The van der Waals surface area contributed by atoms with Crippen molar-refractivity contribution in [2.24, 2.45) is 13.0 Å². The van der Waals surface area contributed by atoms with Crippen LogP contribution in [-0.4, -0.2) is 15.7 Å². The van der Waals surface area contributed by atoms with Crippen LogP contribution in [0.1, 0.15) is 45.2 Å². The summed E-state index contributed by atoms with van der Waals surface area (Å²) in [5.74, 6) is 0.702. The second kappa shape index (κ2) is 6.42. The first kappa shape index (κ1) is 14.5. The van der Waals surface area contributed by atoms with Crippen molar-refractivity contribution in [3.63, 3.8) is 0 Å². The number of amides is 1. The van der Waals surface area contributed by atoms with Crippen LogP contribution in [0.25, 0.3) is 0 Å². The van der Waals surface area contributed by atoms with Crippen molar-refractivity contribution in [3.8, 4) is 0 Å². The largest absolute Gasteiger partial charge is 0.394 e. The minimum atomic E-state index is 0.0423. The van der Waals surface area contributed by atoms with Gasteiger partial charge in [-0.05, 0) is 19.8 Å². The number of aryl methyl sites for hydroxylation is 2. The van der Waals surface area contributed by atoms with E-state index in [4.69, 9.17) is 5.73 Å². The number of hydrogen-bond acceptors (Lipinski definition) is 3. The molecule has 1 amide bonds. The van der Waals surface area contributed by atoms with Crippen LogP contribution in [0.4, 0.5) is 11.5 Å². The highest BCUT2D eigenvalue weighted by molar-refractivity contribution is 5.94. The summed E-state index contributed by atoms with van der Waals surface area (Å²) in [7, 11) is 1.78. The van der Waals surface area contributed by atoms with Crippen LogP contribution in [0.2, 0.25) is 0 Å². The molecule has 0 saturated carbocycles. The summed E-state index contributed by atoms with van der Waals surface area (Å²) in [5, 5.41) is 7.08. The quantitative estimate of drug-likeness (QED) is 0.816. The van der Waals surface area contributed by atoms with Crippen molar-refractivity contribution >= 4 is 17.4 Å². The zero-order chi connectivity index (χ0) is 13.7. The molecule has 18 heavy (non-hydrogen) atoms. The van der Waals surface area contributed by atoms with Gasteiger partial charge in [-0.25, -0.2) is 0 Å². The Labute approximate surface area is 109 Å². The van der Waals surface area contributed by atoms with Crippen molar-refractivity contribution in [1.29, 1.82) is 0 Å². The number of nitrogens with two attached hydrogens (primary N) is 1. The van der Waals surface area contributed by atoms with Crippen LogP contribution in [0, 0.1) is 12.8 Å². The van der Waals surface area contributed by atoms with Crippen LogP contribution in [0.15, 0.2) is 0 Å². The van der Waals surface area contributed by atoms with Crippen molar-refractivity contribution in [2.75, 3.05) is 11.1 Å². The molecule has 5 heteroatoms. The molecular weight excluding hydrogens is 228 g/mol. The Kier molecular flexibility index (Phi) is 5.19. The molecule has 0 spiro atoms. The highest BCUT2D eigenvalue weighted by Gasteiger charge is 2.19. The Morgan fingerprint density at radius 2 is 2.17 bits per heavy atom. The lowest BCUT2D eigenvalue weighted by Crippen LogP contribution is -2.24. The maximum absolute atomic E-state index is 12.2. The lowest BCUT2D eigenvalue weighted by molar-refractivity contribution is -0.120. The highest BCUT2D eigenvalue weighted by atomic mass is 16.2. The first-order valence-electron chi connectivity index (χ1n) is 6.61. The van der Waals surface area contributed by atoms with E-state index in [-0.39, 0.29) is 11.8 Å². The first-order chi connectivity index (χ1) is 8.51. The summed E-state index contributed by atoms with van der Waals surface area (Å²) in [6.07, 6.45) is 3.96.